The minimum Gasteiger partial charge on any atom is -0.337 e. The minimum atomic E-state index is -1.13. The number of benzene rings is 1. The number of amides is 2. The van der Waals surface area contributed by atoms with Crippen molar-refractivity contribution in [3.8, 4) is 0 Å². The molecule has 1 aromatic carbocycles. The third kappa shape index (κ3) is 4.16. The smallest absolute Gasteiger partial charge is 0.262 e. The second-order valence-corrected chi connectivity index (χ2v) is 7.20. The first-order valence-electron chi connectivity index (χ1n) is 7.15. The average Bonchev–Trinajstić information content (AvgIpc) is 2.89. The Morgan fingerprint density at radius 2 is 1.83 bits per heavy atom. The molecule has 2 aromatic rings. The monoisotopic (exact) mass is 334 g/mol. The van der Waals surface area contributed by atoms with E-state index in [4.69, 9.17) is 0 Å². The molecular formula is C17H19FN2O2S. The van der Waals surface area contributed by atoms with Crippen molar-refractivity contribution in [3.63, 3.8) is 0 Å². The lowest BCUT2D eigenvalue weighted by Crippen LogP contribution is -2.52. The summed E-state index contributed by atoms with van der Waals surface area (Å²) in [4.78, 5) is 26.1. The van der Waals surface area contributed by atoms with E-state index in [-0.39, 0.29) is 5.91 Å². The summed E-state index contributed by atoms with van der Waals surface area (Å²) in [5.41, 5.74) is -0.271. The van der Waals surface area contributed by atoms with Crippen LogP contribution in [0.1, 0.15) is 34.0 Å². The molecule has 0 fully saturated rings. The standard InChI is InChI=1S/C17H19FN2O2S/c1-10-5-7-12(9-13(10)18)19-16(22)17(3,4)20-15(21)14-8-6-11(2)23-14/h5-9H,1-4H3,(H,19,22)(H,20,21). The molecule has 0 spiro atoms. The van der Waals surface area contributed by atoms with Crippen LogP contribution in [0.25, 0.3) is 0 Å². The zero-order valence-electron chi connectivity index (χ0n) is 13.5. The van der Waals surface area contributed by atoms with Crippen molar-refractivity contribution in [1.82, 2.24) is 5.32 Å². The van der Waals surface area contributed by atoms with Crippen molar-refractivity contribution in [1.29, 1.82) is 0 Å². The number of hydrogen-bond acceptors (Lipinski definition) is 3. The molecule has 0 radical (unpaired) electrons. The van der Waals surface area contributed by atoms with Crippen LogP contribution in [-0.4, -0.2) is 17.4 Å². The number of anilines is 1. The molecule has 0 bridgehead atoms. The summed E-state index contributed by atoms with van der Waals surface area (Å²) >= 11 is 1.36. The first-order valence-corrected chi connectivity index (χ1v) is 7.97. The zero-order valence-corrected chi connectivity index (χ0v) is 14.3. The van der Waals surface area contributed by atoms with E-state index in [1.165, 1.54) is 17.4 Å². The number of aryl methyl sites for hydroxylation is 2. The SMILES string of the molecule is Cc1ccc(C(=O)NC(C)(C)C(=O)Nc2ccc(C)c(F)c2)s1. The highest BCUT2D eigenvalue weighted by Gasteiger charge is 2.30. The van der Waals surface area contributed by atoms with Crippen molar-refractivity contribution in [2.75, 3.05) is 5.32 Å². The molecule has 4 nitrogen and oxygen atoms in total. The zero-order chi connectivity index (χ0) is 17.2. The summed E-state index contributed by atoms with van der Waals surface area (Å²) in [6, 6.07) is 8.04. The Morgan fingerprint density at radius 1 is 1.13 bits per heavy atom. The van der Waals surface area contributed by atoms with E-state index < -0.39 is 17.3 Å². The Balaban J connectivity index is 2.07. The maximum atomic E-state index is 13.5. The van der Waals surface area contributed by atoms with Crippen molar-refractivity contribution in [2.24, 2.45) is 0 Å². The van der Waals surface area contributed by atoms with Gasteiger partial charge in [-0.3, -0.25) is 9.59 Å². The van der Waals surface area contributed by atoms with Gasteiger partial charge in [-0.1, -0.05) is 6.07 Å². The van der Waals surface area contributed by atoms with Gasteiger partial charge in [0, 0.05) is 10.6 Å². The lowest BCUT2D eigenvalue weighted by molar-refractivity contribution is -0.120. The first-order chi connectivity index (χ1) is 10.7. The Hall–Kier alpha value is -2.21. The molecule has 0 saturated heterocycles. The lowest BCUT2D eigenvalue weighted by Gasteiger charge is -2.25. The third-order valence-electron chi connectivity index (χ3n) is 3.39. The van der Waals surface area contributed by atoms with Gasteiger partial charge in [-0.05, 0) is 57.5 Å². The van der Waals surface area contributed by atoms with E-state index in [9.17, 15) is 14.0 Å². The normalized spacial score (nSPS) is 11.2. The van der Waals surface area contributed by atoms with Crippen LogP contribution >= 0.6 is 11.3 Å². The number of carbonyl (C=O) groups excluding carboxylic acids is 2. The largest absolute Gasteiger partial charge is 0.337 e. The Morgan fingerprint density at radius 3 is 2.39 bits per heavy atom. The van der Waals surface area contributed by atoms with Gasteiger partial charge in [0.05, 0.1) is 4.88 Å². The molecule has 0 aliphatic heterocycles. The molecule has 1 heterocycles. The summed E-state index contributed by atoms with van der Waals surface area (Å²) in [6.45, 7) is 6.76. The van der Waals surface area contributed by atoms with Crippen LogP contribution in [-0.2, 0) is 4.79 Å². The number of rotatable bonds is 4. The van der Waals surface area contributed by atoms with Crippen LogP contribution in [0.2, 0.25) is 0 Å². The fourth-order valence-electron chi connectivity index (χ4n) is 1.92. The Labute approximate surface area is 138 Å². The number of hydrogen-bond donors (Lipinski definition) is 2. The van der Waals surface area contributed by atoms with Gasteiger partial charge in [-0.15, -0.1) is 11.3 Å². The van der Waals surface area contributed by atoms with Gasteiger partial charge in [0.2, 0.25) is 5.91 Å². The quantitative estimate of drug-likeness (QED) is 0.896. The lowest BCUT2D eigenvalue weighted by atomic mass is 10.0. The number of nitrogens with one attached hydrogen (secondary N) is 2. The summed E-state index contributed by atoms with van der Waals surface area (Å²) < 4.78 is 13.5. The van der Waals surface area contributed by atoms with Gasteiger partial charge < -0.3 is 10.6 Å². The van der Waals surface area contributed by atoms with Crippen LogP contribution in [0.5, 0.6) is 0 Å². The highest BCUT2D eigenvalue weighted by atomic mass is 32.1. The molecule has 2 rings (SSSR count). The average molecular weight is 334 g/mol. The maximum absolute atomic E-state index is 13.5. The minimum absolute atomic E-state index is 0.307. The Bertz CT molecular complexity index is 753. The number of thiophene rings is 1. The summed E-state index contributed by atoms with van der Waals surface area (Å²) in [6.07, 6.45) is 0. The Kier molecular flexibility index (Phi) is 4.85. The van der Waals surface area contributed by atoms with Crippen LogP contribution in [0.4, 0.5) is 10.1 Å². The van der Waals surface area contributed by atoms with Crippen molar-refractivity contribution >= 4 is 28.8 Å². The van der Waals surface area contributed by atoms with E-state index in [0.717, 1.165) is 4.88 Å². The third-order valence-corrected chi connectivity index (χ3v) is 4.39. The van der Waals surface area contributed by atoms with Gasteiger partial charge in [0.1, 0.15) is 11.4 Å². The van der Waals surface area contributed by atoms with Crippen LogP contribution in [0.3, 0.4) is 0 Å². The summed E-state index contributed by atoms with van der Waals surface area (Å²) in [5.74, 6) is -1.11. The fourth-order valence-corrected chi connectivity index (χ4v) is 2.68. The van der Waals surface area contributed by atoms with E-state index in [1.54, 1.807) is 39.0 Å². The molecule has 0 aliphatic rings. The molecule has 6 heteroatoms. The molecular weight excluding hydrogens is 315 g/mol. The molecule has 0 atom stereocenters. The molecule has 122 valence electrons. The first kappa shape index (κ1) is 17.1. The highest BCUT2D eigenvalue weighted by molar-refractivity contribution is 7.13. The van der Waals surface area contributed by atoms with Gasteiger partial charge in [-0.2, -0.15) is 0 Å². The number of carbonyl (C=O) groups is 2. The van der Waals surface area contributed by atoms with E-state index in [1.807, 2.05) is 13.0 Å². The molecule has 23 heavy (non-hydrogen) atoms. The highest BCUT2D eigenvalue weighted by Crippen LogP contribution is 2.18. The van der Waals surface area contributed by atoms with E-state index in [0.29, 0.717) is 16.1 Å². The summed E-state index contributed by atoms with van der Waals surface area (Å²) in [7, 11) is 0. The molecule has 1 aromatic heterocycles. The van der Waals surface area contributed by atoms with Gasteiger partial charge >= 0.3 is 0 Å². The van der Waals surface area contributed by atoms with Crippen LogP contribution < -0.4 is 10.6 Å². The van der Waals surface area contributed by atoms with E-state index >= 15 is 0 Å². The maximum Gasteiger partial charge on any atom is 0.262 e. The molecule has 0 saturated carbocycles. The van der Waals surface area contributed by atoms with Crippen LogP contribution in [0.15, 0.2) is 30.3 Å². The second-order valence-electron chi connectivity index (χ2n) is 5.91. The molecule has 0 unspecified atom stereocenters. The topological polar surface area (TPSA) is 58.2 Å². The van der Waals surface area contributed by atoms with Gasteiger partial charge in [0.25, 0.3) is 5.91 Å². The van der Waals surface area contributed by atoms with Crippen molar-refractivity contribution in [3.05, 3.63) is 51.5 Å². The number of halogens is 1. The second kappa shape index (κ2) is 6.50. The predicted molar refractivity (Wildman–Crippen MR) is 90.4 cm³/mol. The van der Waals surface area contributed by atoms with Gasteiger partial charge in [-0.25, -0.2) is 4.39 Å². The van der Waals surface area contributed by atoms with Crippen molar-refractivity contribution < 1.29 is 14.0 Å². The predicted octanol–water partition coefficient (Wildman–Crippen LogP) is 3.65. The molecule has 2 N–H and O–H groups in total. The van der Waals surface area contributed by atoms with E-state index in [2.05, 4.69) is 10.6 Å². The molecule has 0 aliphatic carbocycles. The van der Waals surface area contributed by atoms with Crippen molar-refractivity contribution in [2.45, 2.75) is 33.2 Å². The van der Waals surface area contributed by atoms with Gasteiger partial charge in [0.15, 0.2) is 0 Å². The molecule has 2 amide bonds. The van der Waals surface area contributed by atoms with Crippen LogP contribution in [0, 0.1) is 19.7 Å². The summed E-state index contributed by atoms with van der Waals surface area (Å²) in [5, 5.41) is 5.32. The fraction of sp³-hybridized carbons (Fsp3) is 0.294.